The zero-order chi connectivity index (χ0) is 24.2. The molecular weight excluding hydrogens is 444 g/mol. The average Bonchev–Trinajstić information content (AvgIpc) is 3.56. The van der Waals surface area contributed by atoms with Crippen LogP contribution in [0.25, 0.3) is 11.4 Å². The Morgan fingerprint density at radius 2 is 1.94 bits per heavy atom. The summed E-state index contributed by atoms with van der Waals surface area (Å²) >= 11 is 0. The molecule has 1 aliphatic carbocycles. The van der Waals surface area contributed by atoms with Gasteiger partial charge in [-0.05, 0) is 85.4 Å². The first-order chi connectivity index (χ1) is 17.1. The lowest BCUT2D eigenvalue weighted by Gasteiger charge is -2.33. The van der Waals surface area contributed by atoms with Crippen molar-refractivity contribution in [1.82, 2.24) is 25.1 Å². The molecule has 0 amide bonds. The van der Waals surface area contributed by atoms with Crippen LogP contribution in [0.1, 0.15) is 39.0 Å². The normalized spacial score (nSPS) is 24.9. The molecule has 1 aromatic carbocycles. The van der Waals surface area contributed by atoms with Crippen molar-refractivity contribution in [2.75, 3.05) is 33.4 Å². The number of benzene rings is 1. The third kappa shape index (κ3) is 5.83. The SMILES string of the molecule is COCC1=NOC(N2CCC(C3CC3CCOc3ccc(-c4nnn(C)n4)cc3)CC2)=CCC1C. The van der Waals surface area contributed by atoms with Crippen molar-refractivity contribution in [2.45, 2.75) is 39.0 Å². The molecule has 2 aliphatic heterocycles. The highest BCUT2D eigenvalue weighted by molar-refractivity contribution is 5.87. The molecular formula is C26H36N6O3. The first-order valence-electron chi connectivity index (χ1n) is 12.8. The summed E-state index contributed by atoms with van der Waals surface area (Å²) in [4.78, 5) is 9.63. The van der Waals surface area contributed by atoms with Crippen molar-refractivity contribution < 1.29 is 14.3 Å². The smallest absolute Gasteiger partial charge is 0.221 e. The van der Waals surface area contributed by atoms with E-state index in [1.807, 2.05) is 24.3 Å². The van der Waals surface area contributed by atoms with Crippen LogP contribution in [-0.4, -0.2) is 64.2 Å². The second kappa shape index (κ2) is 10.8. The van der Waals surface area contributed by atoms with Crippen molar-refractivity contribution >= 4 is 5.71 Å². The van der Waals surface area contributed by atoms with Gasteiger partial charge in [0.1, 0.15) is 5.75 Å². The molecule has 2 aromatic rings. The van der Waals surface area contributed by atoms with E-state index in [2.05, 4.69) is 38.5 Å². The van der Waals surface area contributed by atoms with Crippen molar-refractivity contribution in [1.29, 1.82) is 0 Å². The van der Waals surface area contributed by atoms with E-state index < -0.39 is 0 Å². The number of allylic oxidation sites excluding steroid dienone is 1. The maximum Gasteiger partial charge on any atom is 0.221 e. The fourth-order valence-corrected chi connectivity index (χ4v) is 5.31. The number of hydrogen-bond acceptors (Lipinski definition) is 8. The first kappa shape index (κ1) is 23.8. The Kier molecular flexibility index (Phi) is 7.32. The molecule has 9 nitrogen and oxygen atoms in total. The number of hydrogen-bond donors (Lipinski definition) is 0. The highest BCUT2D eigenvalue weighted by atomic mass is 16.6. The number of likely N-dealkylation sites (tertiary alicyclic amines) is 1. The number of tetrazole rings is 1. The van der Waals surface area contributed by atoms with Gasteiger partial charge in [-0.1, -0.05) is 12.1 Å². The van der Waals surface area contributed by atoms with Crippen LogP contribution < -0.4 is 4.74 Å². The Bertz CT molecular complexity index is 1040. The molecule has 0 N–H and O–H groups in total. The van der Waals surface area contributed by atoms with Crippen LogP contribution in [-0.2, 0) is 16.6 Å². The van der Waals surface area contributed by atoms with Gasteiger partial charge in [-0.15, -0.1) is 10.2 Å². The quantitative estimate of drug-likeness (QED) is 0.538. The summed E-state index contributed by atoms with van der Waals surface area (Å²) in [6, 6.07) is 7.94. The van der Waals surface area contributed by atoms with Gasteiger partial charge in [-0.2, -0.15) is 4.80 Å². The second-order valence-corrected chi connectivity index (χ2v) is 10.0. The minimum absolute atomic E-state index is 0.354. The fraction of sp³-hybridized carbons (Fsp3) is 0.615. The van der Waals surface area contributed by atoms with Crippen LogP contribution in [0.15, 0.2) is 41.4 Å². The molecule has 0 spiro atoms. The average molecular weight is 481 g/mol. The maximum atomic E-state index is 6.02. The molecule has 5 rings (SSSR count). The lowest BCUT2D eigenvalue weighted by atomic mass is 9.90. The Morgan fingerprint density at radius 3 is 2.66 bits per heavy atom. The number of piperidine rings is 1. The van der Waals surface area contributed by atoms with Crippen LogP contribution >= 0.6 is 0 Å². The number of ether oxygens (including phenoxy) is 2. The minimum atomic E-state index is 0.354. The maximum absolute atomic E-state index is 6.02. The van der Waals surface area contributed by atoms with Crippen LogP contribution in [0.3, 0.4) is 0 Å². The van der Waals surface area contributed by atoms with Crippen molar-refractivity contribution in [3.63, 3.8) is 0 Å². The summed E-state index contributed by atoms with van der Waals surface area (Å²) in [6.45, 7) is 5.57. The summed E-state index contributed by atoms with van der Waals surface area (Å²) in [7, 11) is 3.47. The highest BCUT2D eigenvalue weighted by Gasteiger charge is 2.43. The first-order valence-corrected chi connectivity index (χ1v) is 12.8. The number of nitrogens with zero attached hydrogens (tertiary/aromatic N) is 6. The van der Waals surface area contributed by atoms with Crippen LogP contribution in [0.2, 0.25) is 0 Å². The Morgan fingerprint density at radius 1 is 1.14 bits per heavy atom. The van der Waals surface area contributed by atoms with E-state index in [9.17, 15) is 0 Å². The Balaban J connectivity index is 1.02. The number of rotatable bonds is 9. The van der Waals surface area contributed by atoms with Gasteiger partial charge in [0.05, 0.1) is 26.0 Å². The van der Waals surface area contributed by atoms with E-state index in [1.54, 1.807) is 14.2 Å². The molecule has 1 saturated carbocycles. The van der Waals surface area contributed by atoms with E-state index in [0.717, 1.165) is 73.2 Å². The lowest BCUT2D eigenvalue weighted by molar-refractivity contribution is 0.0856. The van der Waals surface area contributed by atoms with Gasteiger partial charge < -0.3 is 19.2 Å². The molecule has 35 heavy (non-hydrogen) atoms. The van der Waals surface area contributed by atoms with Crippen LogP contribution in [0.5, 0.6) is 5.75 Å². The molecule has 3 aliphatic rings. The number of aromatic nitrogens is 4. The third-order valence-electron chi connectivity index (χ3n) is 7.58. The van der Waals surface area contributed by atoms with Crippen LogP contribution in [0, 0.1) is 23.7 Å². The number of oxime groups is 1. The zero-order valence-corrected chi connectivity index (χ0v) is 21.0. The molecule has 3 heterocycles. The summed E-state index contributed by atoms with van der Waals surface area (Å²) in [5.74, 6) is 5.26. The van der Waals surface area contributed by atoms with Gasteiger partial charge in [-0.3, -0.25) is 0 Å². The predicted octanol–water partition coefficient (Wildman–Crippen LogP) is 3.89. The molecule has 0 bridgehead atoms. The molecule has 2 fully saturated rings. The van der Waals surface area contributed by atoms with Gasteiger partial charge in [-0.25, -0.2) is 0 Å². The molecule has 0 radical (unpaired) electrons. The van der Waals surface area contributed by atoms with Gasteiger partial charge in [0.2, 0.25) is 11.7 Å². The predicted molar refractivity (Wildman–Crippen MR) is 132 cm³/mol. The lowest BCUT2D eigenvalue weighted by Crippen LogP contribution is -2.34. The molecule has 1 saturated heterocycles. The van der Waals surface area contributed by atoms with Gasteiger partial charge in [0, 0.05) is 31.7 Å². The number of aryl methyl sites for hydroxylation is 1. The number of methoxy groups -OCH3 is 1. The highest BCUT2D eigenvalue weighted by Crippen LogP contribution is 2.50. The zero-order valence-electron chi connectivity index (χ0n) is 21.0. The topological polar surface area (TPSA) is 86.9 Å². The van der Waals surface area contributed by atoms with E-state index in [0.29, 0.717) is 18.3 Å². The second-order valence-electron chi connectivity index (χ2n) is 10.0. The standard InChI is InChI=1S/C26H36N6O3/c1-18-4-9-25(35-29-24(18)17-33-3)32-13-10-19(11-14-32)23-16-21(23)12-15-34-22-7-5-20(6-8-22)26-27-30-31(2)28-26/h5-9,18-19,21,23H,4,10-17H2,1-3H3. The van der Waals surface area contributed by atoms with E-state index in [-0.39, 0.29) is 0 Å². The largest absolute Gasteiger partial charge is 0.494 e. The molecule has 3 unspecified atom stereocenters. The monoisotopic (exact) mass is 480 g/mol. The van der Waals surface area contributed by atoms with Crippen molar-refractivity contribution in [2.24, 2.45) is 35.9 Å². The van der Waals surface area contributed by atoms with Gasteiger partial charge in [0.15, 0.2) is 0 Å². The van der Waals surface area contributed by atoms with E-state index in [1.165, 1.54) is 24.1 Å². The molecule has 9 heteroatoms. The van der Waals surface area contributed by atoms with Crippen LogP contribution in [0.4, 0.5) is 0 Å². The van der Waals surface area contributed by atoms with Crippen molar-refractivity contribution in [3.8, 4) is 17.1 Å². The fourth-order valence-electron chi connectivity index (χ4n) is 5.31. The van der Waals surface area contributed by atoms with Gasteiger partial charge in [0.25, 0.3) is 0 Å². The summed E-state index contributed by atoms with van der Waals surface area (Å²) < 4.78 is 11.3. The minimum Gasteiger partial charge on any atom is -0.494 e. The summed E-state index contributed by atoms with van der Waals surface area (Å²) in [6.07, 6.45) is 8.07. The van der Waals surface area contributed by atoms with E-state index >= 15 is 0 Å². The summed E-state index contributed by atoms with van der Waals surface area (Å²) in [5.41, 5.74) is 1.93. The molecule has 3 atom stereocenters. The summed E-state index contributed by atoms with van der Waals surface area (Å²) in [5, 5.41) is 16.5. The Labute approximate surface area is 207 Å². The third-order valence-corrected chi connectivity index (χ3v) is 7.58. The molecule has 188 valence electrons. The molecule has 1 aromatic heterocycles. The van der Waals surface area contributed by atoms with Crippen molar-refractivity contribution in [3.05, 3.63) is 36.2 Å². The Hall–Kier alpha value is -2.94. The van der Waals surface area contributed by atoms with Gasteiger partial charge >= 0.3 is 0 Å². The van der Waals surface area contributed by atoms with E-state index in [4.69, 9.17) is 14.3 Å².